The van der Waals surface area contributed by atoms with Gasteiger partial charge in [-0.05, 0) is 49.6 Å². The van der Waals surface area contributed by atoms with Gasteiger partial charge in [0.05, 0.1) is 12.1 Å². The van der Waals surface area contributed by atoms with Crippen LogP contribution in [0.3, 0.4) is 0 Å². The first-order valence-electron chi connectivity index (χ1n) is 8.01. The number of nitrogens with zero attached hydrogens (tertiary/aromatic N) is 1. The van der Waals surface area contributed by atoms with Crippen LogP contribution < -0.4 is 5.32 Å². The second kappa shape index (κ2) is 7.23. The maximum absolute atomic E-state index is 13.8. The van der Waals surface area contributed by atoms with E-state index in [4.69, 9.17) is 0 Å². The highest BCUT2D eigenvalue weighted by Crippen LogP contribution is 2.27. The first kappa shape index (κ1) is 18.0. The largest absolute Gasteiger partial charge is 0.323 e. The van der Waals surface area contributed by atoms with Crippen molar-refractivity contribution in [2.45, 2.75) is 30.4 Å². The minimum Gasteiger partial charge on any atom is -0.323 e. The average molecular weight is 382 g/mol. The SMILES string of the molecule is Cc1ccc(NC(=O)Cc2ccc(S(=O)(=O)N3CCCC3)s2)c(F)c1. The summed E-state index contributed by atoms with van der Waals surface area (Å²) in [5.74, 6) is -0.869. The van der Waals surface area contributed by atoms with Gasteiger partial charge in [0.15, 0.2) is 0 Å². The molecular formula is C17H19FN2O3S2. The van der Waals surface area contributed by atoms with Crippen LogP contribution in [0.1, 0.15) is 23.3 Å². The summed E-state index contributed by atoms with van der Waals surface area (Å²) in [6.45, 7) is 2.86. The summed E-state index contributed by atoms with van der Waals surface area (Å²) >= 11 is 1.09. The van der Waals surface area contributed by atoms with E-state index in [2.05, 4.69) is 5.32 Å². The molecule has 0 unspecified atom stereocenters. The standard InChI is InChI=1S/C17H19FN2O3S2/c1-12-4-6-15(14(18)10-12)19-16(21)11-13-5-7-17(24-13)25(22,23)20-8-2-3-9-20/h4-7,10H,2-3,8-9,11H2,1H3,(H,19,21). The van der Waals surface area contributed by atoms with Gasteiger partial charge in [0, 0.05) is 18.0 Å². The molecule has 0 radical (unpaired) electrons. The van der Waals surface area contributed by atoms with Gasteiger partial charge in [-0.25, -0.2) is 12.8 Å². The summed E-state index contributed by atoms with van der Waals surface area (Å²) in [6, 6.07) is 7.75. The van der Waals surface area contributed by atoms with E-state index < -0.39 is 15.8 Å². The van der Waals surface area contributed by atoms with Crippen molar-refractivity contribution in [1.82, 2.24) is 4.31 Å². The Hall–Kier alpha value is -1.77. The zero-order valence-electron chi connectivity index (χ0n) is 13.8. The third kappa shape index (κ3) is 4.08. The molecule has 1 N–H and O–H groups in total. The number of nitrogens with one attached hydrogen (secondary N) is 1. The Morgan fingerprint density at radius 2 is 1.96 bits per heavy atom. The van der Waals surface area contributed by atoms with Gasteiger partial charge in [-0.3, -0.25) is 4.79 Å². The van der Waals surface area contributed by atoms with Crippen LogP contribution in [-0.4, -0.2) is 31.7 Å². The molecule has 1 aromatic carbocycles. The molecule has 0 atom stereocenters. The molecule has 1 saturated heterocycles. The number of benzene rings is 1. The molecular weight excluding hydrogens is 363 g/mol. The molecule has 1 aromatic heterocycles. The molecule has 0 aliphatic carbocycles. The third-order valence-electron chi connectivity index (χ3n) is 4.03. The van der Waals surface area contributed by atoms with Crippen molar-refractivity contribution in [3.63, 3.8) is 0 Å². The van der Waals surface area contributed by atoms with E-state index in [1.54, 1.807) is 19.1 Å². The van der Waals surface area contributed by atoms with Gasteiger partial charge in [0.25, 0.3) is 10.0 Å². The first-order valence-corrected chi connectivity index (χ1v) is 10.3. The van der Waals surface area contributed by atoms with E-state index in [1.807, 2.05) is 0 Å². The summed E-state index contributed by atoms with van der Waals surface area (Å²) < 4.78 is 40.5. The molecule has 0 bridgehead atoms. The van der Waals surface area contributed by atoms with Crippen LogP contribution in [0.4, 0.5) is 10.1 Å². The average Bonchev–Trinajstić information content (AvgIpc) is 3.22. The molecule has 8 heteroatoms. The fraction of sp³-hybridized carbons (Fsp3) is 0.353. The number of carbonyl (C=O) groups is 1. The first-order chi connectivity index (χ1) is 11.9. The Morgan fingerprint density at radius 3 is 2.64 bits per heavy atom. The van der Waals surface area contributed by atoms with E-state index in [0.29, 0.717) is 18.0 Å². The van der Waals surface area contributed by atoms with E-state index in [9.17, 15) is 17.6 Å². The quantitative estimate of drug-likeness (QED) is 0.864. The number of halogens is 1. The van der Waals surface area contributed by atoms with Crippen molar-refractivity contribution in [3.8, 4) is 0 Å². The van der Waals surface area contributed by atoms with E-state index >= 15 is 0 Å². The van der Waals surface area contributed by atoms with Gasteiger partial charge in [0.2, 0.25) is 5.91 Å². The van der Waals surface area contributed by atoms with Crippen LogP contribution in [0.15, 0.2) is 34.5 Å². The lowest BCUT2D eigenvalue weighted by Crippen LogP contribution is -2.27. The molecule has 2 aromatic rings. The fourth-order valence-electron chi connectivity index (χ4n) is 2.72. The second-order valence-corrected chi connectivity index (χ2v) is 9.37. The van der Waals surface area contributed by atoms with Crippen molar-refractivity contribution in [1.29, 1.82) is 0 Å². The van der Waals surface area contributed by atoms with Crippen LogP contribution >= 0.6 is 11.3 Å². The lowest BCUT2D eigenvalue weighted by molar-refractivity contribution is -0.115. The van der Waals surface area contributed by atoms with Crippen molar-refractivity contribution >= 4 is 33.0 Å². The molecule has 1 fully saturated rings. The highest BCUT2D eigenvalue weighted by molar-refractivity contribution is 7.91. The molecule has 0 spiro atoms. The molecule has 0 saturated carbocycles. The minimum atomic E-state index is -3.46. The Morgan fingerprint density at radius 1 is 1.24 bits per heavy atom. The highest BCUT2D eigenvalue weighted by Gasteiger charge is 2.28. The van der Waals surface area contributed by atoms with Gasteiger partial charge < -0.3 is 5.32 Å². The number of hydrogen-bond acceptors (Lipinski definition) is 4. The van der Waals surface area contributed by atoms with Crippen LogP contribution in [0.2, 0.25) is 0 Å². The Balaban J connectivity index is 1.67. The van der Waals surface area contributed by atoms with Crippen molar-refractivity contribution in [2.24, 2.45) is 0 Å². The number of aryl methyl sites for hydroxylation is 1. The maximum Gasteiger partial charge on any atom is 0.252 e. The zero-order chi connectivity index (χ0) is 18.0. The smallest absolute Gasteiger partial charge is 0.252 e. The molecule has 1 aliphatic heterocycles. The lowest BCUT2D eigenvalue weighted by Gasteiger charge is -2.13. The highest BCUT2D eigenvalue weighted by atomic mass is 32.2. The van der Waals surface area contributed by atoms with Crippen LogP contribution in [-0.2, 0) is 21.2 Å². The molecule has 1 aliphatic rings. The van der Waals surface area contributed by atoms with Crippen molar-refractivity contribution in [2.75, 3.05) is 18.4 Å². The number of rotatable bonds is 5. The van der Waals surface area contributed by atoms with Crippen molar-refractivity contribution in [3.05, 3.63) is 46.6 Å². The number of hydrogen-bond donors (Lipinski definition) is 1. The molecule has 1 amide bonds. The van der Waals surface area contributed by atoms with E-state index in [-0.39, 0.29) is 22.2 Å². The fourth-order valence-corrected chi connectivity index (χ4v) is 5.75. The van der Waals surface area contributed by atoms with Crippen LogP contribution in [0.5, 0.6) is 0 Å². The monoisotopic (exact) mass is 382 g/mol. The third-order valence-corrected chi connectivity index (χ3v) is 7.48. The number of sulfonamides is 1. The van der Waals surface area contributed by atoms with Crippen LogP contribution in [0.25, 0.3) is 0 Å². The Labute approximate surface area is 150 Å². The molecule has 25 heavy (non-hydrogen) atoms. The van der Waals surface area contributed by atoms with Gasteiger partial charge >= 0.3 is 0 Å². The summed E-state index contributed by atoms with van der Waals surface area (Å²) in [7, 11) is -3.46. The van der Waals surface area contributed by atoms with Crippen molar-refractivity contribution < 1.29 is 17.6 Å². The topological polar surface area (TPSA) is 66.5 Å². The second-order valence-electron chi connectivity index (χ2n) is 6.04. The number of thiophene rings is 1. The summed E-state index contributed by atoms with van der Waals surface area (Å²) in [5, 5.41) is 2.52. The number of amides is 1. The maximum atomic E-state index is 13.8. The molecule has 134 valence electrons. The molecule has 3 rings (SSSR count). The summed E-state index contributed by atoms with van der Waals surface area (Å²) in [6.07, 6.45) is 1.76. The zero-order valence-corrected chi connectivity index (χ0v) is 15.4. The van der Waals surface area contributed by atoms with E-state index in [0.717, 1.165) is 29.7 Å². The Kier molecular flexibility index (Phi) is 5.21. The minimum absolute atomic E-state index is 0.00744. The van der Waals surface area contributed by atoms with E-state index in [1.165, 1.54) is 22.5 Å². The number of anilines is 1. The van der Waals surface area contributed by atoms with Gasteiger partial charge in [-0.1, -0.05) is 6.07 Å². The van der Waals surface area contributed by atoms with Gasteiger partial charge in [-0.2, -0.15) is 4.31 Å². The summed E-state index contributed by atoms with van der Waals surface area (Å²) in [4.78, 5) is 12.7. The predicted octanol–water partition coefficient (Wildman–Crippen LogP) is 3.16. The molecule has 2 heterocycles. The molecule has 5 nitrogen and oxygen atoms in total. The van der Waals surface area contributed by atoms with Gasteiger partial charge in [0.1, 0.15) is 10.0 Å². The van der Waals surface area contributed by atoms with Gasteiger partial charge in [-0.15, -0.1) is 11.3 Å². The predicted molar refractivity (Wildman–Crippen MR) is 95.8 cm³/mol. The lowest BCUT2D eigenvalue weighted by atomic mass is 10.2. The Bertz CT molecular complexity index is 887. The van der Waals surface area contributed by atoms with Crippen LogP contribution in [0, 0.1) is 12.7 Å². The summed E-state index contributed by atoms with van der Waals surface area (Å²) in [5.41, 5.74) is 0.891. The number of carbonyl (C=O) groups excluding carboxylic acids is 1. The normalized spacial score (nSPS) is 15.4.